The smallest absolute Gasteiger partial charge is 0.252 e. The fourth-order valence-corrected chi connectivity index (χ4v) is 3.32. The molecule has 4 nitrogen and oxygen atoms in total. The fraction of sp³-hybridized carbons (Fsp3) is 0.160. The Morgan fingerprint density at radius 2 is 1.60 bits per heavy atom. The lowest BCUT2D eigenvalue weighted by molar-refractivity contribution is -0.116. The van der Waals surface area contributed by atoms with Gasteiger partial charge in [0.25, 0.3) is 5.91 Å². The van der Waals surface area contributed by atoms with Gasteiger partial charge in [-0.15, -0.1) is 0 Å². The Balaban J connectivity index is 1.91. The number of nitrogens with one attached hydrogen (secondary N) is 1. The van der Waals surface area contributed by atoms with E-state index in [1.165, 1.54) is 0 Å². The summed E-state index contributed by atoms with van der Waals surface area (Å²) in [4.78, 5) is 13.2. The van der Waals surface area contributed by atoms with Gasteiger partial charge in [-0.2, -0.15) is 0 Å². The van der Waals surface area contributed by atoms with E-state index in [-0.39, 0.29) is 11.9 Å². The summed E-state index contributed by atoms with van der Waals surface area (Å²) in [5.74, 6) is 1.07. The Hall–Kier alpha value is -3.24. The lowest BCUT2D eigenvalue weighted by atomic mass is 10.0. The molecule has 0 saturated carbocycles. The van der Waals surface area contributed by atoms with Crippen LogP contribution >= 0.6 is 11.6 Å². The minimum Gasteiger partial charge on any atom is -0.493 e. The number of rotatable bonds is 7. The summed E-state index contributed by atoms with van der Waals surface area (Å²) in [6.07, 6.45) is 1.81. The van der Waals surface area contributed by atoms with Gasteiger partial charge in [-0.1, -0.05) is 66.2 Å². The number of carbonyl (C=O) groups is 1. The fourth-order valence-electron chi connectivity index (χ4n) is 3.13. The van der Waals surface area contributed by atoms with Crippen LogP contribution in [-0.2, 0) is 4.79 Å². The molecule has 1 atom stereocenters. The third kappa shape index (κ3) is 5.02. The maximum atomic E-state index is 13.2. The van der Waals surface area contributed by atoms with E-state index in [2.05, 4.69) is 5.32 Å². The maximum absolute atomic E-state index is 13.2. The van der Waals surface area contributed by atoms with Crippen LogP contribution in [0.5, 0.6) is 11.5 Å². The average Bonchev–Trinajstić information content (AvgIpc) is 2.78. The number of amides is 1. The van der Waals surface area contributed by atoms with Gasteiger partial charge in [0.2, 0.25) is 0 Å². The molecule has 0 saturated heterocycles. The summed E-state index contributed by atoms with van der Waals surface area (Å²) in [5, 5.41) is 3.67. The van der Waals surface area contributed by atoms with Crippen molar-refractivity contribution in [3.63, 3.8) is 0 Å². The average molecular weight is 422 g/mol. The molecule has 0 aliphatic rings. The second-order valence-electron chi connectivity index (χ2n) is 6.76. The molecule has 0 aliphatic carbocycles. The Morgan fingerprint density at radius 1 is 0.933 bits per heavy atom. The Bertz CT molecular complexity index is 1050. The van der Waals surface area contributed by atoms with E-state index in [1.807, 2.05) is 79.7 Å². The number of benzene rings is 3. The van der Waals surface area contributed by atoms with Gasteiger partial charge >= 0.3 is 0 Å². The van der Waals surface area contributed by atoms with E-state index < -0.39 is 0 Å². The number of methoxy groups -OCH3 is 2. The standard InChI is InChI=1S/C25H24ClNO3/c1-17(19-13-14-23(29-2)24(16-19)30-3)27-25(28)21(18-9-5-4-6-10-18)15-20-11-7-8-12-22(20)26/h4-17H,1-3H3,(H,27,28)/b21-15+/t17-/m0/s1. The molecule has 30 heavy (non-hydrogen) atoms. The minimum absolute atomic E-state index is 0.191. The predicted octanol–water partition coefficient (Wildman–Crippen LogP) is 5.78. The predicted molar refractivity (Wildman–Crippen MR) is 122 cm³/mol. The maximum Gasteiger partial charge on any atom is 0.252 e. The molecule has 0 fully saturated rings. The quantitative estimate of drug-likeness (QED) is 0.389. The van der Waals surface area contributed by atoms with Crippen LogP contribution in [0, 0.1) is 0 Å². The van der Waals surface area contributed by atoms with Gasteiger partial charge in [0.15, 0.2) is 11.5 Å². The molecule has 0 spiro atoms. The summed E-state index contributed by atoms with van der Waals surface area (Å²) < 4.78 is 10.7. The third-order valence-electron chi connectivity index (χ3n) is 4.79. The summed E-state index contributed by atoms with van der Waals surface area (Å²) in [6, 6.07) is 22.3. The van der Waals surface area contributed by atoms with E-state index in [0.717, 1.165) is 16.7 Å². The monoisotopic (exact) mass is 421 g/mol. The zero-order valence-corrected chi connectivity index (χ0v) is 17.9. The van der Waals surface area contributed by atoms with Crippen molar-refractivity contribution in [2.45, 2.75) is 13.0 Å². The number of hydrogen-bond donors (Lipinski definition) is 1. The minimum atomic E-state index is -0.240. The van der Waals surface area contributed by atoms with Crippen molar-refractivity contribution in [2.24, 2.45) is 0 Å². The van der Waals surface area contributed by atoms with Crippen molar-refractivity contribution < 1.29 is 14.3 Å². The highest BCUT2D eigenvalue weighted by Crippen LogP contribution is 2.30. The third-order valence-corrected chi connectivity index (χ3v) is 5.13. The van der Waals surface area contributed by atoms with E-state index in [9.17, 15) is 4.79 Å². The van der Waals surface area contributed by atoms with Crippen molar-refractivity contribution in [3.8, 4) is 11.5 Å². The van der Waals surface area contributed by atoms with Gasteiger partial charge < -0.3 is 14.8 Å². The Kier molecular flexibility index (Phi) is 7.15. The molecule has 3 aromatic rings. The molecular formula is C25H24ClNO3. The number of halogens is 1. The second kappa shape index (κ2) is 9.99. The summed E-state index contributed by atoms with van der Waals surface area (Å²) in [5.41, 5.74) is 3.04. The van der Waals surface area contributed by atoms with Crippen LogP contribution < -0.4 is 14.8 Å². The van der Waals surface area contributed by atoms with Crippen LogP contribution in [0.25, 0.3) is 11.6 Å². The van der Waals surface area contributed by atoms with Gasteiger partial charge in [-0.3, -0.25) is 4.79 Å². The van der Waals surface area contributed by atoms with Gasteiger partial charge in [0.05, 0.1) is 20.3 Å². The SMILES string of the molecule is COc1ccc([C@H](C)NC(=O)/C(=C/c2ccccc2Cl)c2ccccc2)cc1OC. The topological polar surface area (TPSA) is 47.6 Å². The first-order chi connectivity index (χ1) is 14.5. The molecule has 0 radical (unpaired) electrons. The van der Waals surface area contributed by atoms with E-state index >= 15 is 0 Å². The normalized spacial score (nSPS) is 12.2. The molecule has 5 heteroatoms. The first-order valence-electron chi connectivity index (χ1n) is 9.58. The second-order valence-corrected chi connectivity index (χ2v) is 7.16. The van der Waals surface area contributed by atoms with Crippen LogP contribution in [0.15, 0.2) is 72.8 Å². The largest absolute Gasteiger partial charge is 0.493 e. The van der Waals surface area contributed by atoms with Crippen LogP contribution in [0.2, 0.25) is 5.02 Å². The molecule has 0 unspecified atom stereocenters. The molecular weight excluding hydrogens is 398 g/mol. The number of ether oxygens (including phenoxy) is 2. The summed E-state index contributed by atoms with van der Waals surface area (Å²) in [7, 11) is 3.18. The van der Waals surface area contributed by atoms with Crippen molar-refractivity contribution in [1.29, 1.82) is 0 Å². The van der Waals surface area contributed by atoms with Crippen molar-refractivity contribution in [2.75, 3.05) is 14.2 Å². The first kappa shape index (κ1) is 21.5. The number of carbonyl (C=O) groups excluding carboxylic acids is 1. The zero-order chi connectivity index (χ0) is 21.5. The Labute approximate surface area is 182 Å². The van der Waals surface area contributed by atoms with Gasteiger partial charge in [0, 0.05) is 10.6 Å². The highest BCUT2D eigenvalue weighted by atomic mass is 35.5. The van der Waals surface area contributed by atoms with Crippen LogP contribution in [0.3, 0.4) is 0 Å². The highest BCUT2D eigenvalue weighted by molar-refractivity contribution is 6.33. The number of hydrogen-bond acceptors (Lipinski definition) is 3. The van der Waals surface area contributed by atoms with Crippen LogP contribution in [0.1, 0.15) is 29.7 Å². The van der Waals surface area contributed by atoms with Gasteiger partial charge in [-0.05, 0) is 47.9 Å². The summed E-state index contributed by atoms with van der Waals surface area (Å²) >= 11 is 6.32. The van der Waals surface area contributed by atoms with Crippen LogP contribution in [-0.4, -0.2) is 20.1 Å². The van der Waals surface area contributed by atoms with Crippen molar-refractivity contribution in [3.05, 3.63) is 94.5 Å². The van der Waals surface area contributed by atoms with Gasteiger partial charge in [0.1, 0.15) is 0 Å². The van der Waals surface area contributed by atoms with E-state index in [0.29, 0.717) is 22.1 Å². The Morgan fingerprint density at radius 3 is 2.27 bits per heavy atom. The highest BCUT2D eigenvalue weighted by Gasteiger charge is 2.17. The molecule has 0 bridgehead atoms. The summed E-state index contributed by atoms with van der Waals surface area (Å²) in [6.45, 7) is 1.93. The molecule has 0 aliphatic heterocycles. The van der Waals surface area contributed by atoms with E-state index in [4.69, 9.17) is 21.1 Å². The molecule has 3 rings (SSSR count). The zero-order valence-electron chi connectivity index (χ0n) is 17.2. The molecule has 154 valence electrons. The van der Waals surface area contributed by atoms with Crippen LogP contribution in [0.4, 0.5) is 0 Å². The van der Waals surface area contributed by atoms with Gasteiger partial charge in [-0.25, -0.2) is 0 Å². The molecule has 0 heterocycles. The lowest BCUT2D eigenvalue weighted by Gasteiger charge is -2.18. The molecule has 0 aromatic heterocycles. The lowest BCUT2D eigenvalue weighted by Crippen LogP contribution is -2.27. The molecule has 1 amide bonds. The molecule has 3 aromatic carbocycles. The molecule has 1 N–H and O–H groups in total. The van der Waals surface area contributed by atoms with E-state index in [1.54, 1.807) is 20.3 Å². The van der Waals surface area contributed by atoms with Crippen molar-refractivity contribution in [1.82, 2.24) is 5.32 Å². The first-order valence-corrected chi connectivity index (χ1v) is 9.95. The van der Waals surface area contributed by atoms with Crippen molar-refractivity contribution >= 4 is 29.2 Å².